The minimum Gasteiger partial charge on any atom is -0.450 e. The number of ether oxygens (including phenoxy) is 1. The molecule has 2 fully saturated rings. The summed E-state index contributed by atoms with van der Waals surface area (Å²) >= 11 is 0. The van der Waals surface area contributed by atoms with Gasteiger partial charge in [0.1, 0.15) is 23.5 Å². The van der Waals surface area contributed by atoms with Gasteiger partial charge in [-0.3, -0.25) is 14.4 Å². The van der Waals surface area contributed by atoms with E-state index in [1.54, 1.807) is 0 Å². The highest BCUT2D eigenvalue weighted by atomic mass is 16.7. The van der Waals surface area contributed by atoms with E-state index in [9.17, 15) is 19.2 Å². The molecule has 0 amide bonds. The molecule has 0 radical (unpaired) electrons. The molecule has 6 nitrogen and oxygen atoms in total. The SMILES string of the molecule is O=C(O)OC1CC(=O)C(C2CC2=O)C(=O)C1. The molecule has 0 spiro atoms. The molecule has 6 heteroatoms. The van der Waals surface area contributed by atoms with Crippen LogP contribution in [0.4, 0.5) is 4.79 Å². The van der Waals surface area contributed by atoms with Gasteiger partial charge in [0, 0.05) is 25.2 Å². The highest BCUT2D eigenvalue weighted by Crippen LogP contribution is 2.37. The molecule has 0 heterocycles. The Kier molecular flexibility index (Phi) is 2.49. The van der Waals surface area contributed by atoms with E-state index in [0.29, 0.717) is 0 Å². The fourth-order valence-corrected chi connectivity index (χ4v) is 2.09. The standard InChI is InChI=1S/C10H10O6/c11-6-3-5(6)9-7(12)1-4(2-8(9)13)16-10(14)15/h4-5,9H,1-3H2,(H,14,15). The lowest BCUT2D eigenvalue weighted by Gasteiger charge is -2.24. The number of Topliss-reactive ketones (excluding diaryl/α,β-unsaturated/α-hetero) is 3. The van der Waals surface area contributed by atoms with Crippen LogP contribution in [-0.2, 0) is 19.1 Å². The summed E-state index contributed by atoms with van der Waals surface area (Å²) < 4.78 is 4.40. The van der Waals surface area contributed by atoms with Gasteiger partial charge in [0.25, 0.3) is 0 Å². The van der Waals surface area contributed by atoms with Crippen LogP contribution in [0.5, 0.6) is 0 Å². The van der Waals surface area contributed by atoms with Crippen molar-refractivity contribution >= 4 is 23.5 Å². The van der Waals surface area contributed by atoms with E-state index in [-0.39, 0.29) is 36.6 Å². The van der Waals surface area contributed by atoms with Crippen molar-refractivity contribution in [3.05, 3.63) is 0 Å². The molecule has 2 aliphatic rings. The van der Waals surface area contributed by atoms with E-state index >= 15 is 0 Å². The van der Waals surface area contributed by atoms with Gasteiger partial charge in [-0.2, -0.15) is 0 Å². The van der Waals surface area contributed by atoms with Gasteiger partial charge in [0.15, 0.2) is 0 Å². The molecular weight excluding hydrogens is 216 g/mol. The Morgan fingerprint density at radius 1 is 1.06 bits per heavy atom. The zero-order chi connectivity index (χ0) is 11.9. The number of rotatable bonds is 2. The van der Waals surface area contributed by atoms with Gasteiger partial charge in [0.2, 0.25) is 0 Å². The first kappa shape index (κ1) is 10.8. The molecule has 0 aromatic heterocycles. The Morgan fingerprint density at radius 3 is 1.94 bits per heavy atom. The van der Waals surface area contributed by atoms with E-state index in [0.717, 1.165) is 0 Å². The predicted molar refractivity (Wildman–Crippen MR) is 48.7 cm³/mol. The number of hydrogen-bond donors (Lipinski definition) is 1. The third-order valence-corrected chi connectivity index (χ3v) is 2.90. The molecule has 16 heavy (non-hydrogen) atoms. The normalized spacial score (nSPS) is 33.8. The molecule has 1 unspecified atom stereocenters. The Balaban J connectivity index is 2.02. The van der Waals surface area contributed by atoms with E-state index < -0.39 is 24.1 Å². The minimum absolute atomic E-state index is 0.0655. The van der Waals surface area contributed by atoms with Gasteiger partial charge >= 0.3 is 6.16 Å². The van der Waals surface area contributed by atoms with Crippen LogP contribution in [0.3, 0.4) is 0 Å². The number of hydrogen-bond acceptors (Lipinski definition) is 5. The van der Waals surface area contributed by atoms with Gasteiger partial charge in [-0.1, -0.05) is 0 Å². The number of carbonyl (C=O) groups is 4. The lowest BCUT2D eigenvalue weighted by Crippen LogP contribution is -2.39. The van der Waals surface area contributed by atoms with Crippen molar-refractivity contribution < 1.29 is 29.0 Å². The van der Waals surface area contributed by atoms with Crippen molar-refractivity contribution in [3.63, 3.8) is 0 Å². The fourth-order valence-electron chi connectivity index (χ4n) is 2.09. The van der Waals surface area contributed by atoms with E-state index in [1.807, 2.05) is 0 Å². The van der Waals surface area contributed by atoms with Crippen molar-refractivity contribution in [3.8, 4) is 0 Å². The lowest BCUT2D eigenvalue weighted by atomic mass is 9.82. The zero-order valence-corrected chi connectivity index (χ0v) is 8.34. The summed E-state index contributed by atoms with van der Waals surface area (Å²) in [5.41, 5.74) is 0. The molecule has 0 saturated heterocycles. The van der Waals surface area contributed by atoms with Gasteiger partial charge in [-0.25, -0.2) is 4.79 Å². The topological polar surface area (TPSA) is 97.7 Å². The molecule has 1 atom stereocenters. The smallest absolute Gasteiger partial charge is 0.450 e. The molecule has 0 aliphatic heterocycles. The highest BCUT2D eigenvalue weighted by Gasteiger charge is 2.51. The Morgan fingerprint density at radius 2 is 1.56 bits per heavy atom. The van der Waals surface area contributed by atoms with Crippen LogP contribution in [0.15, 0.2) is 0 Å². The zero-order valence-electron chi connectivity index (χ0n) is 8.34. The second-order valence-electron chi connectivity index (χ2n) is 4.10. The molecule has 0 aromatic rings. The number of carboxylic acid groups (broad SMARTS) is 1. The number of carbonyl (C=O) groups excluding carboxylic acids is 3. The molecule has 86 valence electrons. The number of ketones is 3. The van der Waals surface area contributed by atoms with Crippen molar-refractivity contribution in [2.75, 3.05) is 0 Å². The minimum atomic E-state index is -1.49. The molecule has 0 bridgehead atoms. The van der Waals surface area contributed by atoms with Crippen LogP contribution in [0.25, 0.3) is 0 Å². The van der Waals surface area contributed by atoms with Crippen LogP contribution >= 0.6 is 0 Å². The third kappa shape index (κ3) is 1.95. The molecule has 2 aliphatic carbocycles. The highest BCUT2D eigenvalue weighted by molar-refractivity contribution is 6.12. The average Bonchev–Trinajstić information content (AvgIpc) is 2.79. The second-order valence-corrected chi connectivity index (χ2v) is 4.10. The van der Waals surface area contributed by atoms with Crippen LogP contribution in [0, 0.1) is 11.8 Å². The van der Waals surface area contributed by atoms with Crippen molar-refractivity contribution in [2.45, 2.75) is 25.4 Å². The largest absolute Gasteiger partial charge is 0.506 e. The summed E-state index contributed by atoms with van der Waals surface area (Å²) in [7, 11) is 0. The average molecular weight is 226 g/mol. The summed E-state index contributed by atoms with van der Waals surface area (Å²) in [6.45, 7) is 0. The summed E-state index contributed by atoms with van der Waals surface area (Å²) in [5, 5.41) is 8.37. The Bertz CT molecular complexity index is 367. The van der Waals surface area contributed by atoms with Crippen molar-refractivity contribution in [2.24, 2.45) is 11.8 Å². The monoisotopic (exact) mass is 226 g/mol. The van der Waals surface area contributed by atoms with Gasteiger partial charge in [-0.05, 0) is 0 Å². The van der Waals surface area contributed by atoms with Gasteiger partial charge in [0.05, 0.1) is 5.92 Å². The maximum Gasteiger partial charge on any atom is 0.506 e. The molecule has 2 saturated carbocycles. The Hall–Kier alpha value is -1.72. The summed E-state index contributed by atoms with van der Waals surface area (Å²) in [6, 6.07) is 0. The fraction of sp³-hybridized carbons (Fsp3) is 0.600. The van der Waals surface area contributed by atoms with Crippen LogP contribution in [0.1, 0.15) is 19.3 Å². The quantitative estimate of drug-likeness (QED) is 0.533. The second kappa shape index (κ2) is 3.70. The lowest BCUT2D eigenvalue weighted by molar-refractivity contribution is -0.141. The van der Waals surface area contributed by atoms with Crippen LogP contribution in [0.2, 0.25) is 0 Å². The van der Waals surface area contributed by atoms with Crippen molar-refractivity contribution in [1.82, 2.24) is 0 Å². The third-order valence-electron chi connectivity index (χ3n) is 2.90. The first-order chi connectivity index (χ1) is 7.49. The summed E-state index contributed by atoms with van der Waals surface area (Å²) in [4.78, 5) is 44.3. The van der Waals surface area contributed by atoms with Crippen LogP contribution in [-0.4, -0.2) is 34.7 Å². The van der Waals surface area contributed by atoms with Crippen LogP contribution < -0.4 is 0 Å². The molecule has 1 N–H and O–H groups in total. The molecule has 0 aromatic carbocycles. The predicted octanol–water partition coefficient (Wildman–Crippen LogP) is 0.187. The van der Waals surface area contributed by atoms with Gasteiger partial charge in [-0.15, -0.1) is 0 Å². The van der Waals surface area contributed by atoms with Gasteiger partial charge < -0.3 is 9.84 Å². The molecule has 2 rings (SSSR count). The van der Waals surface area contributed by atoms with E-state index in [2.05, 4.69) is 4.74 Å². The maximum atomic E-state index is 11.6. The maximum absolute atomic E-state index is 11.6. The van der Waals surface area contributed by atoms with Crippen molar-refractivity contribution in [1.29, 1.82) is 0 Å². The Labute approximate surface area is 90.6 Å². The van der Waals surface area contributed by atoms with E-state index in [1.165, 1.54) is 0 Å². The first-order valence-electron chi connectivity index (χ1n) is 4.96. The molecular formula is C10H10O6. The van der Waals surface area contributed by atoms with E-state index in [4.69, 9.17) is 5.11 Å². The first-order valence-corrected chi connectivity index (χ1v) is 4.96. The summed E-state index contributed by atoms with van der Waals surface area (Å²) in [6.07, 6.45) is -2.31. The summed E-state index contributed by atoms with van der Waals surface area (Å²) in [5.74, 6) is -2.12.